The second-order valence-electron chi connectivity index (χ2n) is 5.85. The maximum Gasteiger partial charge on any atom is 0.223 e. The zero-order valence-corrected chi connectivity index (χ0v) is 13.0. The number of ether oxygens (including phenoxy) is 2. The molecule has 0 radical (unpaired) electrons. The summed E-state index contributed by atoms with van der Waals surface area (Å²) in [6.45, 7) is 7.10. The van der Waals surface area contributed by atoms with Gasteiger partial charge in [-0.25, -0.2) is 4.98 Å². The van der Waals surface area contributed by atoms with Gasteiger partial charge >= 0.3 is 0 Å². The summed E-state index contributed by atoms with van der Waals surface area (Å²) in [7, 11) is 1.64. The van der Waals surface area contributed by atoms with E-state index in [9.17, 15) is 0 Å². The first-order chi connectivity index (χ1) is 9.98. The van der Waals surface area contributed by atoms with Crippen molar-refractivity contribution in [1.82, 2.24) is 10.3 Å². The number of aromatic nitrogens is 1. The van der Waals surface area contributed by atoms with Gasteiger partial charge in [-0.15, -0.1) is 0 Å². The fourth-order valence-electron chi connectivity index (χ4n) is 1.79. The zero-order chi connectivity index (χ0) is 15.3. The summed E-state index contributed by atoms with van der Waals surface area (Å²) in [6, 6.07) is 11.4. The summed E-state index contributed by atoms with van der Waals surface area (Å²) in [5.74, 6) is 2.09. The van der Waals surface area contributed by atoms with Crippen LogP contribution in [0.2, 0.25) is 0 Å². The molecule has 0 aliphatic rings. The van der Waals surface area contributed by atoms with Gasteiger partial charge in [-0.1, -0.05) is 12.1 Å². The van der Waals surface area contributed by atoms with Gasteiger partial charge in [0.05, 0.1) is 7.11 Å². The molecule has 0 bridgehead atoms. The Bertz CT molecular complexity index is 591. The third kappa shape index (κ3) is 4.76. The fourth-order valence-corrected chi connectivity index (χ4v) is 1.79. The maximum absolute atomic E-state index is 5.89. The molecule has 0 aliphatic carbocycles. The van der Waals surface area contributed by atoms with Crippen LogP contribution >= 0.6 is 0 Å². The van der Waals surface area contributed by atoms with Gasteiger partial charge in [-0.3, -0.25) is 0 Å². The second kappa shape index (κ2) is 6.59. The lowest BCUT2D eigenvalue weighted by Crippen LogP contribution is -2.35. The van der Waals surface area contributed by atoms with Gasteiger partial charge in [0.1, 0.15) is 11.5 Å². The lowest BCUT2D eigenvalue weighted by Gasteiger charge is -2.21. The highest BCUT2D eigenvalue weighted by Gasteiger charge is 2.12. The Hall–Kier alpha value is -2.07. The highest BCUT2D eigenvalue weighted by atomic mass is 16.5. The van der Waals surface area contributed by atoms with Crippen LogP contribution in [0.1, 0.15) is 26.3 Å². The van der Waals surface area contributed by atoms with Crippen molar-refractivity contribution >= 4 is 0 Å². The van der Waals surface area contributed by atoms with E-state index in [-0.39, 0.29) is 5.54 Å². The van der Waals surface area contributed by atoms with Gasteiger partial charge in [-0.05, 0) is 39.0 Å². The second-order valence-corrected chi connectivity index (χ2v) is 5.85. The van der Waals surface area contributed by atoms with Crippen LogP contribution in [0.4, 0.5) is 0 Å². The van der Waals surface area contributed by atoms with Crippen LogP contribution in [0.15, 0.2) is 42.6 Å². The molecule has 0 saturated carbocycles. The van der Waals surface area contributed by atoms with Crippen molar-refractivity contribution in [2.75, 3.05) is 7.11 Å². The predicted octanol–water partition coefficient (Wildman–Crippen LogP) is 3.77. The van der Waals surface area contributed by atoms with Crippen molar-refractivity contribution in [3.63, 3.8) is 0 Å². The monoisotopic (exact) mass is 286 g/mol. The average molecular weight is 286 g/mol. The molecule has 1 aromatic carbocycles. The van der Waals surface area contributed by atoms with Gasteiger partial charge in [0.2, 0.25) is 5.88 Å². The number of methoxy groups -OCH3 is 1. The minimum absolute atomic E-state index is 0.0447. The SMILES string of the molecule is COc1cccc(Oc2ncccc2CNC(C)(C)C)c1. The van der Waals surface area contributed by atoms with Gasteiger partial charge in [0, 0.05) is 29.9 Å². The normalized spacial score (nSPS) is 11.2. The molecule has 1 aromatic heterocycles. The molecule has 112 valence electrons. The van der Waals surface area contributed by atoms with Gasteiger partial charge in [-0.2, -0.15) is 0 Å². The molecule has 0 amide bonds. The first-order valence-electron chi connectivity index (χ1n) is 6.99. The predicted molar refractivity (Wildman–Crippen MR) is 83.9 cm³/mol. The standard InChI is InChI=1S/C17H22N2O2/c1-17(2,3)19-12-13-7-6-10-18-16(13)21-15-9-5-8-14(11-15)20-4/h5-11,19H,12H2,1-4H3. The van der Waals surface area contributed by atoms with E-state index in [1.807, 2.05) is 36.4 Å². The Labute approximate surface area is 126 Å². The number of rotatable bonds is 5. The van der Waals surface area contributed by atoms with Gasteiger partial charge in [0.25, 0.3) is 0 Å². The Morgan fingerprint density at radius 2 is 1.86 bits per heavy atom. The Balaban J connectivity index is 2.15. The Morgan fingerprint density at radius 1 is 1.10 bits per heavy atom. The number of nitrogens with one attached hydrogen (secondary N) is 1. The molecule has 1 N–H and O–H groups in total. The maximum atomic E-state index is 5.89. The summed E-state index contributed by atoms with van der Waals surface area (Å²) in [4.78, 5) is 4.33. The van der Waals surface area contributed by atoms with Gasteiger partial charge < -0.3 is 14.8 Å². The van der Waals surface area contributed by atoms with Crippen molar-refractivity contribution < 1.29 is 9.47 Å². The van der Waals surface area contributed by atoms with Crippen LogP contribution in [-0.2, 0) is 6.54 Å². The topological polar surface area (TPSA) is 43.4 Å². The van der Waals surface area contributed by atoms with Crippen LogP contribution in [0, 0.1) is 0 Å². The van der Waals surface area contributed by atoms with E-state index >= 15 is 0 Å². The number of hydrogen-bond donors (Lipinski definition) is 1. The van der Waals surface area contributed by atoms with Gasteiger partial charge in [0.15, 0.2) is 0 Å². The summed E-state index contributed by atoms with van der Waals surface area (Å²) >= 11 is 0. The third-order valence-corrected chi connectivity index (χ3v) is 2.91. The molecule has 21 heavy (non-hydrogen) atoms. The van der Waals surface area contributed by atoms with Crippen molar-refractivity contribution in [1.29, 1.82) is 0 Å². The number of benzene rings is 1. The molecular weight excluding hydrogens is 264 g/mol. The van der Waals surface area contributed by atoms with Crippen LogP contribution in [0.5, 0.6) is 17.4 Å². The third-order valence-electron chi connectivity index (χ3n) is 2.91. The minimum atomic E-state index is 0.0447. The van der Waals surface area contributed by atoms with Crippen molar-refractivity contribution in [2.24, 2.45) is 0 Å². The molecular formula is C17H22N2O2. The molecule has 2 rings (SSSR count). The Morgan fingerprint density at radius 3 is 2.57 bits per heavy atom. The van der Waals surface area contributed by atoms with Crippen LogP contribution in [-0.4, -0.2) is 17.6 Å². The molecule has 0 atom stereocenters. The van der Waals surface area contributed by atoms with E-state index in [0.29, 0.717) is 18.2 Å². The molecule has 0 saturated heterocycles. The van der Waals surface area contributed by atoms with Crippen molar-refractivity contribution in [2.45, 2.75) is 32.9 Å². The highest BCUT2D eigenvalue weighted by molar-refractivity contribution is 5.37. The number of nitrogens with zero attached hydrogens (tertiary/aromatic N) is 1. The lowest BCUT2D eigenvalue weighted by molar-refractivity contribution is 0.400. The summed E-state index contributed by atoms with van der Waals surface area (Å²) in [6.07, 6.45) is 1.73. The number of pyridine rings is 1. The molecule has 0 unspecified atom stereocenters. The molecule has 0 fully saturated rings. The van der Waals surface area contributed by atoms with E-state index in [0.717, 1.165) is 11.3 Å². The largest absolute Gasteiger partial charge is 0.497 e. The average Bonchev–Trinajstić information content (AvgIpc) is 2.46. The fraction of sp³-hybridized carbons (Fsp3) is 0.353. The first kappa shape index (κ1) is 15.3. The molecule has 0 aliphatic heterocycles. The smallest absolute Gasteiger partial charge is 0.223 e. The van der Waals surface area contributed by atoms with Crippen LogP contribution < -0.4 is 14.8 Å². The van der Waals surface area contributed by atoms with E-state index in [2.05, 4.69) is 31.1 Å². The molecule has 1 heterocycles. The summed E-state index contributed by atoms with van der Waals surface area (Å²) in [5.41, 5.74) is 1.07. The number of hydrogen-bond acceptors (Lipinski definition) is 4. The van der Waals surface area contributed by atoms with E-state index < -0.39 is 0 Å². The quantitative estimate of drug-likeness (QED) is 0.908. The van der Waals surface area contributed by atoms with E-state index in [1.54, 1.807) is 13.3 Å². The van der Waals surface area contributed by atoms with Crippen molar-refractivity contribution in [3.05, 3.63) is 48.2 Å². The Kier molecular flexibility index (Phi) is 4.81. The molecule has 0 spiro atoms. The summed E-state index contributed by atoms with van der Waals surface area (Å²) in [5, 5.41) is 3.44. The molecule has 2 aromatic rings. The van der Waals surface area contributed by atoms with Crippen molar-refractivity contribution in [3.8, 4) is 17.4 Å². The zero-order valence-electron chi connectivity index (χ0n) is 13.0. The highest BCUT2D eigenvalue weighted by Crippen LogP contribution is 2.26. The van der Waals surface area contributed by atoms with Crippen LogP contribution in [0.3, 0.4) is 0 Å². The van der Waals surface area contributed by atoms with E-state index in [1.165, 1.54) is 0 Å². The molecule has 4 nitrogen and oxygen atoms in total. The van der Waals surface area contributed by atoms with E-state index in [4.69, 9.17) is 9.47 Å². The lowest BCUT2D eigenvalue weighted by atomic mass is 10.1. The minimum Gasteiger partial charge on any atom is -0.497 e. The first-order valence-corrected chi connectivity index (χ1v) is 6.99. The van der Waals surface area contributed by atoms with Crippen LogP contribution in [0.25, 0.3) is 0 Å². The molecule has 4 heteroatoms. The summed E-state index contributed by atoms with van der Waals surface area (Å²) < 4.78 is 11.1.